The summed E-state index contributed by atoms with van der Waals surface area (Å²) in [5, 5.41) is 1.56. The normalized spacial score (nSPS) is 26.0. The van der Waals surface area contributed by atoms with Gasteiger partial charge >= 0.3 is 0 Å². The molecule has 3 saturated carbocycles. The molecule has 3 fully saturated rings. The van der Waals surface area contributed by atoms with Gasteiger partial charge in [0.2, 0.25) is 0 Å². The average Bonchev–Trinajstić information content (AvgIpc) is 2.62. The zero-order chi connectivity index (χ0) is 17.4. The highest BCUT2D eigenvalue weighted by atomic mass is 28.3. The van der Waals surface area contributed by atoms with E-state index in [1.54, 1.807) is 10.8 Å². The van der Waals surface area contributed by atoms with Crippen molar-refractivity contribution < 1.29 is 0 Å². The van der Waals surface area contributed by atoms with E-state index in [0.29, 0.717) is 0 Å². The van der Waals surface area contributed by atoms with Gasteiger partial charge in [-0.3, -0.25) is 9.97 Å². The van der Waals surface area contributed by atoms with Crippen molar-refractivity contribution in [1.29, 1.82) is 0 Å². The summed E-state index contributed by atoms with van der Waals surface area (Å²) in [4.78, 5) is 9.09. The Kier molecular flexibility index (Phi) is 4.53. The van der Waals surface area contributed by atoms with Crippen LogP contribution in [0.3, 0.4) is 0 Å². The zero-order valence-corrected chi connectivity index (χ0v) is 16.8. The maximum Gasteiger partial charge on any atom is 0.0799 e. The fraction of sp³-hybridized carbons (Fsp3) is 0.545. The summed E-state index contributed by atoms with van der Waals surface area (Å²) in [5.74, 6) is 2.87. The van der Waals surface area contributed by atoms with Gasteiger partial charge in [0, 0.05) is 24.2 Å². The highest BCUT2D eigenvalue weighted by Crippen LogP contribution is 2.46. The van der Waals surface area contributed by atoms with E-state index in [4.69, 9.17) is 4.98 Å². The van der Waals surface area contributed by atoms with Crippen molar-refractivity contribution in [3.63, 3.8) is 0 Å². The van der Waals surface area contributed by atoms with Crippen molar-refractivity contribution in [2.24, 2.45) is 17.8 Å². The number of nitrogens with zero attached hydrogens (tertiary/aromatic N) is 2. The second kappa shape index (κ2) is 6.68. The van der Waals surface area contributed by atoms with Crippen molar-refractivity contribution in [2.75, 3.05) is 0 Å². The summed E-state index contributed by atoms with van der Waals surface area (Å²) in [5.41, 5.74) is 3.80. The Balaban J connectivity index is 1.68. The van der Waals surface area contributed by atoms with Crippen molar-refractivity contribution >= 4 is 13.3 Å². The van der Waals surface area contributed by atoms with Crippen LogP contribution in [0.5, 0.6) is 0 Å². The Morgan fingerprint density at radius 3 is 2.48 bits per heavy atom. The maximum absolute atomic E-state index is 4.81. The molecule has 0 aliphatic heterocycles. The minimum Gasteiger partial charge on any atom is -0.264 e. The van der Waals surface area contributed by atoms with Gasteiger partial charge in [-0.05, 0) is 72.4 Å². The second-order valence-corrected chi connectivity index (χ2v) is 14.2. The first-order valence-corrected chi connectivity index (χ1v) is 13.4. The topological polar surface area (TPSA) is 25.8 Å². The fourth-order valence-electron chi connectivity index (χ4n) is 5.06. The van der Waals surface area contributed by atoms with E-state index in [0.717, 1.165) is 29.0 Å². The third-order valence-electron chi connectivity index (χ3n) is 6.43. The van der Waals surface area contributed by atoms with Gasteiger partial charge in [-0.25, -0.2) is 0 Å². The van der Waals surface area contributed by atoms with Gasteiger partial charge in [-0.15, -0.1) is 0 Å². The molecule has 1 atom stereocenters. The first kappa shape index (κ1) is 17.0. The first-order valence-electron chi connectivity index (χ1n) is 9.90. The van der Waals surface area contributed by atoms with Crippen LogP contribution in [0.15, 0.2) is 36.8 Å². The number of aromatic nitrogens is 2. The molecule has 0 spiro atoms. The van der Waals surface area contributed by atoms with Crippen molar-refractivity contribution in [3.8, 4) is 11.3 Å². The Bertz CT molecular complexity index is 727. The quantitative estimate of drug-likeness (QED) is 0.721. The molecule has 2 heterocycles. The van der Waals surface area contributed by atoms with E-state index in [9.17, 15) is 0 Å². The maximum atomic E-state index is 4.81. The smallest absolute Gasteiger partial charge is 0.0799 e. The number of pyridine rings is 2. The molecule has 0 N–H and O–H groups in total. The van der Waals surface area contributed by atoms with E-state index in [1.807, 2.05) is 18.5 Å². The monoisotopic (exact) mass is 350 g/mol. The molecule has 132 valence electrons. The lowest BCUT2D eigenvalue weighted by Gasteiger charge is -2.43. The molecule has 2 aromatic heterocycles. The summed E-state index contributed by atoms with van der Waals surface area (Å²) in [6, 6.07) is 6.51. The third-order valence-corrected chi connectivity index (χ3v) is 8.50. The van der Waals surface area contributed by atoms with Crippen LogP contribution in [0.2, 0.25) is 19.6 Å². The molecule has 0 radical (unpaired) electrons. The number of hydrogen-bond donors (Lipinski definition) is 0. The SMILES string of the molecule is C[Si](C)(C)c1cnc(-c2cccnc2)cc1CC1CC2CCC1CC2. The molecule has 2 bridgehead atoms. The predicted octanol–water partition coefficient (Wildman–Crippen LogP) is 5.06. The van der Waals surface area contributed by atoms with Gasteiger partial charge in [-0.1, -0.05) is 32.5 Å². The lowest BCUT2D eigenvalue weighted by Crippen LogP contribution is -2.42. The van der Waals surface area contributed by atoms with Crippen LogP contribution in [0.4, 0.5) is 0 Å². The molecule has 0 amide bonds. The average molecular weight is 351 g/mol. The Labute approximate surface area is 153 Å². The van der Waals surface area contributed by atoms with Gasteiger partial charge in [-0.2, -0.15) is 0 Å². The van der Waals surface area contributed by atoms with E-state index in [-0.39, 0.29) is 0 Å². The summed E-state index contributed by atoms with van der Waals surface area (Å²) < 4.78 is 0. The van der Waals surface area contributed by atoms with Crippen molar-refractivity contribution in [1.82, 2.24) is 9.97 Å². The fourth-order valence-corrected chi connectivity index (χ4v) is 6.65. The lowest BCUT2D eigenvalue weighted by molar-refractivity contribution is 0.0992. The van der Waals surface area contributed by atoms with Crippen LogP contribution in [0.1, 0.15) is 37.7 Å². The molecule has 5 rings (SSSR count). The van der Waals surface area contributed by atoms with Gasteiger partial charge in [0.1, 0.15) is 0 Å². The molecular formula is C22H30N2Si. The second-order valence-electron chi connectivity index (χ2n) is 9.20. The Hall–Kier alpha value is -1.48. The first-order chi connectivity index (χ1) is 12.0. The number of hydrogen-bond acceptors (Lipinski definition) is 2. The van der Waals surface area contributed by atoms with E-state index in [1.165, 1.54) is 38.5 Å². The van der Waals surface area contributed by atoms with Gasteiger partial charge in [0.25, 0.3) is 0 Å². The molecular weight excluding hydrogens is 320 g/mol. The third kappa shape index (κ3) is 3.57. The largest absolute Gasteiger partial charge is 0.264 e. The summed E-state index contributed by atoms with van der Waals surface area (Å²) >= 11 is 0. The van der Waals surface area contributed by atoms with Crippen molar-refractivity contribution in [3.05, 3.63) is 42.4 Å². The molecule has 3 aliphatic carbocycles. The van der Waals surface area contributed by atoms with Gasteiger partial charge < -0.3 is 0 Å². The molecule has 3 aliphatic rings. The molecule has 25 heavy (non-hydrogen) atoms. The van der Waals surface area contributed by atoms with E-state index >= 15 is 0 Å². The number of rotatable bonds is 4. The predicted molar refractivity (Wildman–Crippen MR) is 108 cm³/mol. The highest BCUT2D eigenvalue weighted by molar-refractivity contribution is 6.89. The van der Waals surface area contributed by atoms with Crippen LogP contribution < -0.4 is 5.19 Å². The summed E-state index contributed by atoms with van der Waals surface area (Å²) in [6.45, 7) is 7.35. The van der Waals surface area contributed by atoms with Crippen LogP contribution in [0, 0.1) is 17.8 Å². The van der Waals surface area contributed by atoms with Crippen LogP contribution in [-0.2, 0) is 6.42 Å². The van der Waals surface area contributed by atoms with Crippen LogP contribution in [0.25, 0.3) is 11.3 Å². The minimum atomic E-state index is -1.39. The highest BCUT2D eigenvalue weighted by Gasteiger charge is 2.36. The summed E-state index contributed by atoms with van der Waals surface area (Å²) in [6.07, 6.45) is 14.6. The Morgan fingerprint density at radius 2 is 1.88 bits per heavy atom. The zero-order valence-electron chi connectivity index (χ0n) is 15.8. The number of fused-ring (bicyclic) bond motifs is 3. The summed E-state index contributed by atoms with van der Waals surface area (Å²) in [7, 11) is -1.39. The Morgan fingerprint density at radius 1 is 1.08 bits per heavy atom. The minimum absolute atomic E-state index is 0.895. The molecule has 0 aromatic carbocycles. The lowest BCUT2D eigenvalue weighted by atomic mass is 9.63. The van der Waals surface area contributed by atoms with Crippen LogP contribution in [-0.4, -0.2) is 18.0 Å². The molecule has 1 unspecified atom stereocenters. The van der Waals surface area contributed by atoms with E-state index < -0.39 is 8.07 Å². The molecule has 2 nitrogen and oxygen atoms in total. The van der Waals surface area contributed by atoms with Gasteiger partial charge in [0.05, 0.1) is 13.8 Å². The standard InChI is InChI=1S/C22H30N2Si/c1-25(2,3)22-15-24-21(18-5-4-10-23-14-18)13-20(22)12-19-11-16-6-8-17(19)9-7-16/h4-5,10,13-17,19H,6-9,11-12H2,1-3H3. The van der Waals surface area contributed by atoms with Gasteiger partial charge in [0.15, 0.2) is 0 Å². The van der Waals surface area contributed by atoms with Crippen molar-refractivity contribution in [2.45, 2.75) is 58.2 Å². The molecule has 2 aromatic rings. The van der Waals surface area contributed by atoms with Crippen LogP contribution >= 0.6 is 0 Å². The molecule has 0 saturated heterocycles. The van der Waals surface area contributed by atoms with E-state index in [2.05, 4.69) is 43.0 Å². The molecule has 3 heteroatoms.